The van der Waals surface area contributed by atoms with Gasteiger partial charge in [0, 0.05) is 43.3 Å². The van der Waals surface area contributed by atoms with Crippen molar-refractivity contribution in [3.05, 3.63) is 66.7 Å². The zero-order valence-corrected chi connectivity index (χ0v) is 17.9. The average Bonchev–Trinajstić information content (AvgIpc) is 3.16. The predicted molar refractivity (Wildman–Crippen MR) is 117 cm³/mol. The van der Waals surface area contributed by atoms with E-state index >= 15 is 0 Å². The van der Waals surface area contributed by atoms with Crippen molar-refractivity contribution in [2.24, 2.45) is 0 Å². The van der Waals surface area contributed by atoms with Crippen LogP contribution in [0.15, 0.2) is 30.3 Å². The number of benzene rings is 2. The SMILES string of the molecule is Cc1c([N+](=O)[O-])cc(C(=O)N2CCN(c3nc4ccc(Cl)cc4s3)CC2)cc1[N+](=O)[O-]. The molecule has 1 fully saturated rings. The number of carbonyl (C=O) groups excluding carboxylic acids is 1. The highest BCUT2D eigenvalue weighted by Crippen LogP contribution is 2.32. The van der Waals surface area contributed by atoms with Crippen molar-refractivity contribution in [3.63, 3.8) is 0 Å². The maximum atomic E-state index is 12.9. The molecule has 1 aromatic heterocycles. The summed E-state index contributed by atoms with van der Waals surface area (Å²) in [5.74, 6) is -0.470. The van der Waals surface area contributed by atoms with E-state index in [1.807, 2.05) is 12.1 Å². The van der Waals surface area contributed by atoms with Gasteiger partial charge in [0.1, 0.15) is 5.56 Å². The number of carbonyl (C=O) groups is 1. The van der Waals surface area contributed by atoms with E-state index in [0.717, 1.165) is 27.5 Å². The second-order valence-corrected chi connectivity index (χ2v) is 8.49. The Morgan fingerprint density at radius 3 is 2.26 bits per heavy atom. The van der Waals surface area contributed by atoms with Crippen LogP contribution in [-0.2, 0) is 0 Å². The third kappa shape index (κ3) is 4.01. The molecule has 0 atom stereocenters. The van der Waals surface area contributed by atoms with Gasteiger partial charge >= 0.3 is 0 Å². The van der Waals surface area contributed by atoms with Crippen LogP contribution >= 0.6 is 22.9 Å². The second kappa shape index (κ2) is 8.08. The first-order valence-corrected chi connectivity index (χ1v) is 10.5. The number of hydrogen-bond acceptors (Lipinski definition) is 8. The van der Waals surface area contributed by atoms with Crippen molar-refractivity contribution in [1.82, 2.24) is 9.88 Å². The number of aromatic nitrogens is 1. The molecule has 12 heteroatoms. The van der Waals surface area contributed by atoms with Crippen LogP contribution in [0, 0.1) is 27.2 Å². The Balaban J connectivity index is 1.52. The molecular formula is C19H16ClN5O5S. The van der Waals surface area contributed by atoms with E-state index in [4.69, 9.17) is 11.6 Å². The molecule has 1 saturated heterocycles. The lowest BCUT2D eigenvalue weighted by Crippen LogP contribution is -2.48. The van der Waals surface area contributed by atoms with Gasteiger partial charge in [-0.1, -0.05) is 22.9 Å². The molecule has 0 N–H and O–H groups in total. The van der Waals surface area contributed by atoms with E-state index in [2.05, 4.69) is 9.88 Å². The minimum Gasteiger partial charge on any atom is -0.345 e. The minimum atomic E-state index is -0.712. The fraction of sp³-hybridized carbons (Fsp3) is 0.263. The lowest BCUT2D eigenvalue weighted by Gasteiger charge is -2.34. The van der Waals surface area contributed by atoms with Crippen molar-refractivity contribution >= 4 is 55.6 Å². The first-order valence-electron chi connectivity index (χ1n) is 9.28. The van der Waals surface area contributed by atoms with Gasteiger partial charge in [0.05, 0.1) is 25.6 Å². The topological polar surface area (TPSA) is 123 Å². The molecule has 0 bridgehead atoms. The number of piperazine rings is 1. The maximum Gasteiger partial charge on any atom is 0.279 e. The Labute approximate surface area is 185 Å². The van der Waals surface area contributed by atoms with Gasteiger partial charge in [-0.3, -0.25) is 25.0 Å². The fourth-order valence-corrected chi connectivity index (χ4v) is 4.78. The van der Waals surface area contributed by atoms with Gasteiger partial charge in [-0.05, 0) is 25.1 Å². The van der Waals surface area contributed by atoms with Gasteiger partial charge in [0.2, 0.25) is 0 Å². The molecule has 0 saturated carbocycles. The molecule has 10 nitrogen and oxygen atoms in total. The Morgan fingerprint density at radius 1 is 1.06 bits per heavy atom. The lowest BCUT2D eigenvalue weighted by molar-refractivity contribution is -0.395. The molecule has 2 aromatic carbocycles. The first kappa shape index (κ1) is 20.9. The smallest absolute Gasteiger partial charge is 0.279 e. The van der Waals surface area contributed by atoms with Gasteiger partial charge in [0.25, 0.3) is 17.3 Å². The van der Waals surface area contributed by atoms with E-state index in [1.54, 1.807) is 11.0 Å². The highest BCUT2D eigenvalue weighted by molar-refractivity contribution is 7.22. The van der Waals surface area contributed by atoms with Crippen molar-refractivity contribution in [2.45, 2.75) is 6.92 Å². The van der Waals surface area contributed by atoms with Crippen molar-refractivity contribution in [1.29, 1.82) is 0 Å². The number of nitro groups is 2. The second-order valence-electron chi connectivity index (χ2n) is 7.04. The van der Waals surface area contributed by atoms with E-state index < -0.39 is 27.1 Å². The summed E-state index contributed by atoms with van der Waals surface area (Å²) in [6.07, 6.45) is 0. The lowest BCUT2D eigenvalue weighted by atomic mass is 10.1. The van der Waals surface area contributed by atoms with Crippen molar-refractivity contribution in [3.8, 4) is 0 Å². The zero-order chi connectivity index (χ0) is 22.3. The van der Waals surface area contributed by atoms with E-state index in [0.29, 0.717) is 31.2 Å². The van der Waals surface area contributed by atoms with Crippen LogP contribution in [0.2, 0.25) is 5.02 Å². The number of amides is 1. The molecule has 0 radical (unpaired) electrons. The monoisotopic (exact) mass is 461 g/mol. The maximum absolute atomic E-state index is 12.9. The molecule has 4 rings (SSSR count). The summed E-state index contributed by atoms with van der Waals surface area (Å²) in [6, 6.07) is 7.70. The van der Waals surface area contributed by atoms with Crippen LogP contribution in [0.4, 0.5) is 16.5 Å². The Bertz CT molecular complexity index is 1190. The number of anilines is 1. The van der Waals surface area contributed by atoms with Crippen molar-refractivity contribution < 1.29 is 14.6 Å². The quantitative estimate of drug-likeness (QED) is 0.424. The van der Waals surface area contributed by atoms with E-state index in [-0.39, 0.29) is 11.1 Å². The molecule has 0 unspecified atom stereocenters. The molecule has 1 aliphatic heterocycles. The van der Waals surface area contributed by atoms with Gasteiger partial charge in [-0.15, -0.1) is 0 Å². The number of hydrogen-bond donors (Lipinski definition) is 0. The van der Waals surface area contributed by atoms with Gasteiger partial charge in [-0.25, -0.2) is 4.98 Å². The highest BCUT2D eigenvalue weighted by atomic mass is 35.5. The highest BCUT2D eigenvalue weighted by Gasteiger charge is 2.29. The molecule has 3 aromatic rings. The number of nitro benzene ring substituents is 2. The van der Waals surface area contributed by atoms with E-state index in [9.17, 15) is 25.0 Å². The van der Waals surface area contributed by atoms with Gasteiger partial charge in [0.15, 0.2) is 5.13 Å². The van der Waals surface area contributed by atoms with Gasteiger partial charge in [-0.2, -0.15) is 0 Å². The summed E-state index contributed by atoms with van der Waals surface area (Å²) in [5, 5.41) is 24.0. The Morgan fingerprint density at radius 2 is 1.68 bits per heavy atom. The average molecular weight is 462 g/mol. The molecule has 0 spiro atoms. The zero-order valence-electron chi connectivity index (χ0n) is 16.3. The third-order valence-electron chi connectivity index (χ3n) is 5.17. The normalized spacial score (nSPS) is 14.1. The summed E-state index contributed by atoms with van der Waals surface area (Å²) in [4.78, 5) is 42.3. The summed E-state index contributed by atoms with van der Waals surface area (Å²) in [7, 11) is 0. The van der Waals surface area contributed by atoms with Crippen LogP contribution in [-0.4, -0.2) is 51.8 Å². The fourth-order valence-electron chi connectivity index (χ4n) is 3.49. The Hall–Kier alpha value is -3.31. The summed E-state index contributed by atoms with van der Waals surface area (Å²) in [5.41, 5.74) is -0.171. The minimum absolute atomic E-state index is 0.0629. The van der Waals surface area contributed by atoms with Crippen LogP contribution in [0.3, 0.4) is 0 Å². The molecule has 0 aliphatic carbocycles. The van der Waals surface area contributed by atoms with Crippen LogP contribution in [0.25, 0.3) is 10.2 Å². The van der Waals surface area contributed by atoms with E-state index in [1.165, 1.54) is 18.3 Å². The largest absolute Gasteiger partial charge is 0.345 e. The summed E-state index contributed by atoms with van der Waals surface area (Å²) < 4.78 is 0.972. The molecule has 1 aliphatic rings. The van der Waals surface area contributed by atoms with Gasteiger partial charge < -0.3 is 9.80 Å². The van der Waals surface area contributed by atoms with Crippen molar-refractivity contribution in [2.75, 3.05) is 31.1 Å². The standard InChI is InChI=1S/C19H16ClN5O5S/c1-11-15(24(27)28)8-12(9-16(11)25(29)30)18(26)22-4-6-23(7-5-22)19-21-14-3-2-13(20)10-17(14)31-19/h2-3,8-10H,4-7H2,1H3. The van der Waals surface area contributed by atoms with Crippen LogP contribution in [0.1, 0.15) is 15.9 Å². The predicted octanol–water partition coefficient (Wildman–Crippen LogP) is 4.04. The molecule has 160 valence electrons. The third-order valence-corrected chi connectivity index (χ3v) is 6.48. The number of thiazole rings is 1. The molecule has 31 heavy (non-hydrogen) atoms. The van der Waals surface area contributed by atoms with Crippen LogP contribution < -0.4 is 4.90 Å². The molecule has 1 amide bonds. The summed E-state index contributed by atoms with van der Waals surface area (Å²) in [6.45, 7) is 3.08. The number of halogens is 1. The Kier molecular flexibility index (Phi) is 5.46. The summed E-state index contributed by atoms with van der Waals surface area (Å²) >= 11 is 7.55. The van der Waals surface area contributed by atoms with Crippen LogP contribution in [0.5, 0.6) is 0 Å². The molecule has 2 heterocycles. The number of nitrogens with zero attached hydrogens (tertiary/aromatic N) is 5. The number of fused-ring (bicyclic) bond motifs is 1. The first-order chi connectivity index (χ1) is 14.7. The molecular weight excluding hydrogens is 446 g/mol. The number of rotatable bonds is 4.